The number of halogens is 1. The molecule has 1 aliphatic heterocycles. The Hall–Kier alpha value is -1.84. The fourth-order valence-electron chi connectivity index (χ4n) is 3.00. The molecule has 3 nitrogen and oxygen atoms in total. The van der Waals surface area contributed by atoms with Crippen molar-refractivity contribution in [1.82, 2.24) is 5.32 Å². The molecule has 0 atom stereocenters. The van der Waals surface area contributed by atoms with Crippen molar-refractivity contribution in [3.8, 4) is 0 Å². The van der Waals surface area contributed by atoms with Gasteiger partial charge in [0.25, 0.3) is 5.91 Å². The third kappa shape index (κ3) is 4.57. The summed E-state index contributed by atoms with van der Waals surface area (Å²) in [4.78, 5) is 13.7. The molecule has 2 aromatic carbocycles. The number of hydrogen-bond acceptors (Lipinski definition) is 1. The number of likely N-dealkylation sites (tertiary alicyclic amines) is 1. The molecule has 1 heterocycles. The summed E-state index contributed by atoms with van der Waals surface area (Å²) in [5, 5.41) is 3.58. The van der Waals surface area contributed by atoms with E-state index in [4.69, 9.17) is 11.6 Å². The van der Waals surface area contributed by atoms with Crippen molar-refractivity contribution in [3.63, 3.8) is 0 Å². The molecule has 0 spiro atoms. The number of benzene rings is 2. The molecule has 0 aliphatic carbocycles. The van der Waals surface area contributed by atoms with E-state index in [1.54, 1.807) is 29.2 Å². The summed E-state index contributed by atoms with van der Waals surface area (Å²) in [6.45, 7) is 4.23. The van der Waals surface area contributed by atoms with Crippen LogP contribution in [-0.4, -0.2) is 19.0 Å². The van der Waals surface area contributed by atoms with Gasteiger partial charge in [0.2, 0.25) is 0 Å². The Morgan fingerprint density at radius 2 is 1.57 bits per heavy atom. The smallest absolute Gasteiger partial charge is 0.251 e. The molecule has 0 bridgehead atoms. The van der Waals surface area contributed by atoms with Crippen LogP contribution in [0.25, 0.3) is 0 Å². The van der Waals surface area contributed by atoms with Crippen molar-refractivity contribution >= 4 is 17.5 Å². The van der Waals surface area contributed by atoms with Crippen molar-refractivity contribution < 1.29 is 9.69 Å². The molecule has 4 heteroatoms. The molecule has 1 aliphatic rings. The fraction of sp³-hybridized carbons (Fsp3) is 0.316. The highest BCUT2D eigenvalue weighted by Crippen LogP contribution is 2.10. The van der Waals surface area contributed by atoms with E-state index < -0.39 is 0 Å². The van der Waals surface area contributed by atoms with Gasteiger partial charge in [0.05, 0.1) is 13.1 Å². The standard InChI is InChI=1S/C19H21ClN2O/c20-18-9-7-17(8-10-18)19(23)21-13-15-3-5-16(6-4-15)14-22-11-1-2-12-22/h3-10H,1-2,11-14H2,(H,21,23)/p+1. The van der Waals surface area contributed by atoms with Crippen LogP contribution in [-0.2, 0) is 13.1 Å². The van der Waals surface area contributed by atoms with Crippen LogP contribution in [0.4, 0.5) is 0 Å². The molecule has 2 N–H and O–H groups in total. The number of carbonyl (C=O) groups is 1. The van der Waals surface area contributed by atoms with Crippen LogP contribution < -0.4 is 10.2 Å². The van der Waals surface area contributed by atoms with Crippen LogP contribution in [0.2, 0.25) is 5.02 Å². The maximum absolute atomic E-state index is 12.1. The first-order chi connectivity index (χ1) is 11.2. The lowest BCUT2D eigenvalue weighted by Crippen LogP contribution is -3.08. The van der Waals surface area contributed by atoms with Gasteiger partial charge in [-0.15, -0.1) is 0 Å². The third-order valence-electron chi connectivity index (χ3n) is 4.35. The second-order valence-corrected chi connectivity index (χ2v) is 6.58. The quantitative estimate of drug-likeness (QED) is 0.868. The Morgan fingerprint density at radius 3 is 2.22 bits per heavy atom. The monoisotopic (exact) mass is 329 g/mol. The average Bonchev–Trinajstić information content (AvgIpc) is 3.07. The molecule has 1 saturated heterocycles. The molecule has 0 aromatic heterocycles. The van der Waals surface area contributed by atoms with Crippen molar-refractivity contribution in [2.45, 2.75) is 25.9 Å². The van der Waals surface area contributed by atoms with Gasteiger partial charge in [-0.05, 0) is 29.8 Å². The van der Waals surface area contributed by atoms with Crippen LogP contribution >= 0.6 is 11.6 Å². The minimum absolute atomic E-state index is 0.0766. The first-order valence-corrected chi connectivity index (χ1v) is 8.54. The van der Waals surface area contributed by atoms with Gasteiger partial charge in [0.1, 0.15) is 6.54 Å². The Balaban J connectivity index is 1.51. The second kappa shape index (κ2) is 7.62. The zero-order chi connectivity index (χ0) is 16.1. The number of nitrogens with one attached hydrogen (secondary N) is 2. The molecule has 120 valence electrons. The summed E-state index contributed by atoms with van der Waals surface area (Å²) in [5.74, 6) is -0.0766. The van der Waals surface area contributed by atoms with E-state index in [2.05, 4.69) is 29.6 Å². The molecular formula is C19H22ClN2O+. The zero-order valence-electron chi connectivity index (χ0n) is 13.1. The lowest BCUT2D eigenvalue weighted by molar-refractivity contribution is -0.901. The second-order valence-electron chi connectivity index (χ2n) is 6.14. The average molecular weight is 330 g/mol. The highest BCUT2D eigenvalue weighted by Gasteiger charge is 2.15. The Morgan fingerprint density at radius 1 is 0.957 bits per heavy atom. The maximum Gasteiger partial charge on any atom is 0.251 e. The van der Waals surface area contributed by atoms with Gasteiger partial charge < -0.3 is 10.2 Å². The number of quaternary nitrogens is 1. The summed E-state index contributed by atoms with van der Waals surface area (Å²) in [7, 11) is 0. The normalized spacial score (nSPS) is 14.8. The van der Waals surface area contributed by atoms with Crippen LogP contribution in [0, 0.1) is 0 Å². The Bertz CT molecular complexity index is 646. The van der Waals surface area contributed by atoms with E-state index in [0.717, 1.165) is 12.1 Å². The third-order valence-corrected chi connectivity index (χ3v) is 4.60. The van der Waals surface area contributed by atoms with Crippen molar-refractivity contribution in [2.75, 3.05) is 13.1 Å². The van der Waals surface area contributed by atoms with Crippen LogP contribution in [0.3, 0.4) is 0 Å². The molecule has 1 amide bonds. The SMILES string of the molecule is O=C(NCc1ccc(C[NH+]2CCCC2)cc1)c1ccc(Cl)cc1. The molecule has 23 heavy (non-hydrogen) atoms. The fourth-order valence-corrected chi connectivity index (χ4v) is 3.13. The summed E-state index contributed by atoms with van der Waals surface area (Å²) >= 11 is 5.83. The van der Waals surface area contributed by atoms with Crippen molar-refractivity contribution in [3.05, 3.63) is 70.2 Å². The van der Waals surface area contributed by atoms with Crippen LogP contribution in [0.15, 0.2) is 48.5 Å². The molecule has 0 unspecified atom stereocenters. The summed E-state index contributed by atoms with van der Waals surface area (Å²) < 4.78 is 0. The van der Waals surface area contributed by atoms with E-state index in [1.165, 1.54) is 31.5 Å². The molecule has 0 saturated carbocycles. The Labute approximate surface area is 142 Å². The number of amides is 1. The molecular weight excluding hydrogens is 308 g/mol. The van der Waals surface area contributed by atoms with E-state index >= 15 is 0 Å². The topological polar surface area (TPSA) is 33.5 Å². The minimum atomic E-state index is -0.0766. The van der Waals surface area contributed by atoms with Gasteiger partial charge in [0.15, 0.2) is 0 Å². The first kappa shape index (κ1) is 16.0. The van der Waals surface area contributed by atoms with Gasteiger partial charge in [-0.3, -0.25) is 4.79 Å². The summed E-state index contributed by atoms with van der Waals surface area (Å²) in [6.07, 6.45) is 2.70. The highest BCUT2D eigenvalue weighted by molar-refractivity contribution is 6.30. The maximum atomic E-state index is 12.1. The van der Waals surface area contributed by atoms with E-state index in [0.29, 0.717) is 17.1 Å². The summed E-state index contributed by atoms with van der Waals surface area (Å²) in [6, 6.07) is 15.5. The lowest BCUT2D eigenvalue weighted by Gasteiger charge is -2.12. The van der Waals surface area contributed by atoms with Gasteiger partial charge in [-0.1, -0.05) is 35.9 Å². The first-order valence-electron chi connectivity index (χ1n) is 8.16. The van der Waals surface area contributed by atoms with E-state index in [1.807, 2.05) is 0 Å². The largest absolute Gasteiger partial charge is 0.348 e. The minimum Gasteiger partial charge on any atom is -0.348 e. The Kier molecular flexibility index (Phi) is 5.31. The number of carbonyl (C=O) groups excluding carboxylic acids is 1. The van der Waals surface area contributed by atoms with Crippen LogP contribution in [0.5, 0.6) is 0 Å². The van der Waals surface area contributed by atoms with Gasteiger partial charge in [-0.2, -0.15) is 0 Å². The number of rotatable bonds is 5. The predicted molar refractivity (Wildman–Crippen MR) is 92.7 cm³/mol. The molecule has 0 radical (unpaired) electrons. The van der Waals surface area contributed by atoms with Crippen molar-refractivity contribution in [2.24, 2.45) is 0 Å². The predicted octanol–water partition coefficient (Wildman–Crippen LogP) is 2.45. The zero-order valence-corrected chi connectivity index (χ0v) is 13.9. The van der Waals surface area contributed by atoms with Gasteiger partial charge >= 0.3 is 0 Å². The van der Waals surface area contributed by atoms with E-state index in [9.17, 15) is 4.79 Å². The molecule has 1 fully saturated rings. The molecule has 3 rings (SSSR count). The number of hydrogen-bond donors (Lipinski definition) is 2. The van der Waals surface area contributed by atoms with Crippen LogP contribution in [0.1, 0.15) is 34.3 Å². The van der Waals surface area contributed by atoms with Gasteiger partial charge in [-0.25, -0.2) is 0 Å². The van der Waals surface area contributed by atoms with Gasteiger partial charge in [0, 0.05) is 35.5 Å². The lowest BCUT2D eigenvalue weighted by atomic mass is 10.1. The molecule has 2 aromatic rings. The highest BCUT2D eigenvalue weighted by atomic mass is 35.5. The summed E-state index contributed by atoms with van der Waals surface area (Å²) in [5.41, 5.74) is 3.12. The van der Waals surface area contributed by atoms with E-state index in [-0.39, 0.29) is 5.91 Å². The van der Waals surface area contributed by atoms with Crippen molar-refractivity contribution in [1.29, 1.82) is 0 Å².